The van der Waals surface area contributed by atoms with Crippen molar-refractivity contribution in [3.05, 3.63) is 0 Å². The number of ether oxygens (including phenoxy) is 1. The zero-order chi connectivity index (χ0) is 11.3. The Hall–Kier alpha value is -0.610. The molecule has 1 rings (SSSR count). The Morgan fingerprint density at radius 1 is 1.47 bits per heavy atom. The van der Waals surface area contributed by atoms with E-state index in [1.165, 1.54) is 7.11 Å². The van der Waals surface area contributed by atoms with E-state index < -0.39 is 0 Å². The Morgan fingerprint density at radius 3 is 2.80 bits per heavy atom. The molecular weight excluding hydrogens is 192 g/mol. The van der Waals surface area contributed by atoms with Crippen molar-refractivity contribution in [3.63, 3.8) is 0 Å². The van der Waals surface area contributed by atoms with Crippen molar-refractivity contribution in [1.29, 1.82) is 0 Å². The fraction of sp³-hybridized carbons (Fsp3) is 0.909. The molecule has 1 aliphatic heterocycles. The van der Waals surface area contributed by atoms with E-state index in [0.29, 0.717) is 6.42 Å². The highest BCUT2D eigenvalue weighted by atomic mass is 16.5. The van der Waals surface area contributed by atoms with Gasteiger partial charge in [-0.3, -0.25) is 4.79 Å². The van der Waals surface area contributed by atoms with Crippen molar-refractivity contribution in [3.8, 4) is 0 Å². The highest BCUT2D eigenvalue weighted by Crippen LogP contribution is 2.25. The zero-order valence-electron chi connectivity index (χ0n) is 10.0. The monoisotopic (exact) mass is 214 g/mol. The fourth-order valence-corrected chi connectivity index (χ4v) is 2.19. The van der Waals surface area contributed by atoms with E-state index >= 15 is 0 Å². The van der Waals surface area contributed by atoms with Crippen LogP contribution in [0, 0.1) is 0 Å². The molecule has 0 spiro atoms. The van der Waals surface area contributed by atoms with Gasteiger partial charge < -0.3 is 15.0 Å². The van der Waals surface area contributed by atoms with Crippen LogP contribution in [0.2, 0.25) is 0 Å². The van der Waals surface area contributed by atoms with Gasteiger partial charge in [-0.2, -0.15) is 0 Å². The molecule has 15 heavy (non-hydrogen) atoms. The SMILES string of the molecule is CNC1(CC(=O)OC)CCCN(C)CC1. The number of hydrogen-bond acceptors (Lipinski definition) is 4. The molecule has 88 valence electrons. The third-order valence-electron chi connectivity index (χ3n) is 3.41. The summed E-state index contributed by atoms with van der Waals surface area (Å²) in [5, 5.41) is 3.32. The van der Waals surface area contributed by atoms with Gasteiger partial charge in [0.2, 0.25) is 0 Å². The lowest BCUT2D eigenvalue weighted by Gasteiger charge is -2.31. The van der Waals surface area contributed by atoms with Crippen LogP contribution in [-0.4, -0.2) is 50.7 Å². The van der Waals surface area contributed by atoms with Crippen molar-refractivity contribution >= 4 is 5.97 Å². The number of nitrogens with one attached hydrogen (secondary N) is 1. The van der Waals surface area contributed by atoms with Gasteiger partial charge in [0.05, 0.1) is 13.5 Å². The van der Waals surface area contributed by atoms with Crippen LogP contribution in [0.15, 0.2) is 0 Å². The fourth-order valence-electron chi connectivity index (χ4n) is 2.19. The van der Waals surface area contributed by atoms with Gasteiger partial charge in [0.15, 0.2) is 0 Å². The summed E-state index contributed by atoms with van der Waals surface area (Å²) >= 11 is 0. The van der Waals surface area contributed by atoms with E-state index in [2.05, 4.69) is 17.3 Å². The van der Waals surface area contributed by atoms with E-state index in [1.807, 2.05) is 7.05 Å². The van der Waals surface area contributed by atoms with Gasteiger partial charge in [0.25, 0.3) is 0 Å². The second-order valence-electron chi connectivity index (χ2n) is 4.44. The lowest BCUT2D eigenvalue weighted by molar-refractivity contribution is -0.142. The standard InChI is InChI=1S/C11H22N2O2/c1-12-11(9-10(14)15-3)5-4-7-13(2)8-6-11/h12H,4-9H2,1-3H3. The first kappa shape index (κ1) is 12.5. The first-order valence-electron chi connectivity index (χ1n) is 5.56. The van der Waals surface area contributed by atoms with E-state index in [0.717, 1.165) is 32.4 Å². The summed E-state index contributed by atoms with van der Waals surface area (Å²) in [5.41, 5.74) is -0.0577. The largest absolute Gasteiger partial charge is 0.469 e. The second kappa shape index (κ2) is 5.47. The number of rotatable bonds is 3. The Labute approximate surface area is 92.0 Å². The molecule has 0 aromatic heterocycles. The Balaban J connectivity index is 2.61. The van der Waals surface area contributed by atoms with Crippen molar-refractivity contribution in [2.24, 2.45) is 0 Å². The molecule has 1 N–H and O–H groups in total. The Bertz CT molecular complexity index is 221. The van der Waals surface area contributed by atoms with Crippen molar-refractivity contribution in [1.82, 2.24) is 10.2 Å². The molecule has 1 fully saturated rings. The number of likely N-dealkylation sites (tertiary alicyclic amines) is 1. The quantitative estimate of drug-likeness (QED) is 0.699. The first-order valence-corrected chi connectivity index (χ1v) is 5.56. The second-order valence-corrected chi connectivity index (χ2v) is 4.44. The van der Waals surface area contributed by atoms with Crippen LogP contribution in [0.4, 0.5) is 0 Å². The maximum absolute atomic E-state index is 11.4. The van der Waals surface area contributed by atoms with Gasteiger partial charge in [-0.05, 0) is 46.4 Å². The predicted octanol–water partition coefficient (Wildman–Crippen LogP) is 0.623. The van der Waals surface area contributed by atoms with E-state index in [1.54, 1.807) is 0 Å². The molecule has 0 bridgehead atoms. The minimum absolute atomic E-state index is 0.0577. The van der Waals surface area contributed by atoms with Gasteiger partial charge >= 0.3 is 5.97 Å². The van der Waals surface area contributed by atoms with Crippen LogP contribution in [-0.2, 0) is 9.53 Å². The molecule has 0 aromatic carbocycles. The zero-order valence-corrected chi connectivity index (χ0v) is 10.0. The number of esters is 1. The van der Waals surface area contributed by atoms with Crippen LogP contribution in [0.5, 0.6) is 0 Å². The lowest BCUT2D eigenvalue weighted by atomic mass is 9.87. The first-order chi connectivity index (χ1) is 7.12. The normalized spacial score (nSPS) is 28.5. The van der Waals surface area contributed by atoms with Crippen LogP contribution in [0.1, 0.15) is 25.7 Å². The molecule has 1 heterocycles. The average molecular weight is 214 g/mol. The summed E-state index contributed by atoms with van der Waals surface area (Å²) in [7, 11) is 5.52. The van der Waals surface area contributed by atoms with Crippen molar-refractivity contribution < 1.29 is 9.53 Å². The molecule has 0 saturated carbocycles. The van der Waals surface area contributed by atoms with Gasteiger partial charge in [-0.25, -0.2) is 0 Å². The molecule has 0 aliphatic carbocycles. The highest BCUT2D eigenvalue weighted by molar-refractivity contribution is 5.70. The van der Waals surface area contributed by atoms with E-state index in [-0.39, 0.29) is 11.5 Å². The van der Waals surface area contributed by atoms with E-state index in [4.69, 9.17) is 4.74 Å². The van der Waals surface area contributed by atoms with E-state index in [9.17, 15) is 4.79 Å². The summed E-state index contributed by atoms with van der Waals surface area (Å²) in [6.07, 6.45) is 3.67. The number of hydrogen-bond donors (Lipinski definition) is 1. The van der Waals surface area contributed by atoms with Gasteiger partial charge in [0.1, 0.15) is 0 Å². The van der Waals surface area contributed by atoms with Crippen LogP contribution < -0.4 is 5.32 Å². The summed E-state index contributed by atoms with van der Waals surface area (Å²) in [4.78, 5) is 13.7. The van der Waals surface area contributed by atoms with Crippen LogP contribution in [0.3, 0.4) is 0 Å². The van der Waals surface area contributed by atoms with Crippen molar-refractivity contribution in [2.45, 2.75) is 31.2 Å². The number of nitrogens with zero attached hydrogens (tertiary/aromatic N) is 1. The van der Waals surface area contributed by atoms with Gasteiger partial charge in [0, 0.05) is 5.54 Å². The third-order valence-corrected chi connectivity index (χ3v) is 3.41. The molecule has 4 heteroatoms. The Morgan fingerprint density at radius 2 is 2.20 bits per heavy atom. The van der Waals surface area contributed by atoms with Crippen molar-refractivity contribution in [2.75, 3.05) is 34.3 Å². The maximum atomic E-state index is 11.4. The van der Waals surface area contributed by atoms with Gasteiger partial charge in [-0.15, -0.1) is 0 Å². The number of methoxy groups -OCH3 is 1. The summed E-state index contributed by atoms with van der Waals surface area (Å²) in [5.74, 6) is -0.117. The average Bonchev–Trinajstić information content (AvgIpc) is 2.42. The number of carbonyl (C=O) groups excluding carboxylic acids is 1. The third kappa shape index (κ3) is 3.47. The molecule has 1 aliphatic rings. The predicted molar refractivity (Wildman–Crippen MR) is 59.8 cm³/mol. The minimum atomic E-state index is -0.117. The smallest absolute Gasteiger partial charge is 0.307 e. The van der Waals surface area contributed by atoms with Gasteiger partial charge in [-0.1, -0.05) is 0 Å². The molecule has 1 atom stereocenters. The van der Waals surface area contributed by atoms with Crippen LogP contribution in [0.25, 0.3) is 0 Å². The summed E-state index contributed by atoms with van der Waals surface area (Å²) in [6, 6.07) is 0. The molecule has 1 unspecified atom stereocenters. The Kier molecular flexibility index (Phi) is 4.54. The molecule has 1 saturated heterocycles. The number of carbonyl (C=O) groups is 1. The summed E-state index contributed by atoms with van der Waals surface area (Å²) < 4.78 is 4.75. The summed E-state index contributed by atoms with van der Waals surface area (Å²) in [6.45, 7) is 2.16. The molecule has 4 nitrogen and oxygen atoms in total. The maximum Gasteiger partial charge on any atom is 0.307 e. The highest BCUT2D eigenvalue weighted by Gasteiger charge is 2.32. The molecule has 0 radical (unpaired) electrons. The minimum Gasteiger partial charge on any atom is -0.469 e. The molecule has 0 aromatic rings. The molecular formula is C11H22N2O2. The molecule has 0 amide bonds. The lowest BCUT2D eigenvalue weighted by Crippen LogP contribution is -2.45. The van der Waals surface area contributed by atoms with Crippen LogP contribution >= 0.6 is 0 Å². The topological polar surface area (TPSA) is 41.6 Å².